The first kappa shape index (κ1) is 15.5. The minimum atomic E-state index is -3.85. The van der Waals surface area contributed by atoms with Gasteiger partial charge in [0, 0.05) is 23.7 Å². The molecule has 8 heteroatoms. The van der Waals surface area contributed by atoms with Crippen molar-refractivity contribution < 1.29 is 13.3 Å². The lowest BCUT2D eigenvalue weighted by atomic mass is 10.1. The van der Waals surface area contributed by atoms with Crippen molar-refractivity contribution in [1.29, 1.82) is 0 Å². The highest BCUT2D eigenvalue weighted by molar-refractivity contribution is 7.89. The summed E-state index contributed by atoms with van der Waals surface area (Å²) in [6, 6.07) is 3.94. The van der Waals surface area contributed by atoms with Crippen molar-refractivity contribution in [1.82, 2.24) is 4.72 Å². The first-order valence-corrected chi connectivity index (χ1v) is 7.07. The minimum Gasteiger partial charge on any atom is -0.329 e. The molecule has 1 rings (SSSR count). The third-order valence-electron chi connectivity index (χ3n) is 2.66. The van der Waals surface area contributed by atoms with Gasteiger partial charge in [-0.15, -0.1) is 0 Å². The van der Waals surface area contributed by atoms with Gasteiger partial charge in [0.2, 0.25) is 10.0 Å². The SMILES string of the molecule is Cc1c([N+](=O)[O-])cccc1S(=O)(=O)NC(C)(C)CN. The van der Waals surface area contributed by atoms with E-state index in [0.29, 0.717) is 0 Å². The van der Waals surface area contributed by atoms with Crippen LogP contribution in [0.3, 0.4) is 0 Å². The van der Waals surface area contributed by atoms with Crippen LogP contribution in [-0.2, 0) is 10.0 Å². The molecule has 0 amide bonds. The van der Waals surface area contributed by atoms with Crippen LogP contribution < -0.4 is 10.5 Å². The van der Waals surface area contributed by atoms with Crippen LogP contribution in [0.2, 0.25) is 0 Å². The summed E-state index contributed by atoms with van der Waals surface area (Å²) in [5.74, 6) is 0. The first-order valence-electron chi connectivity index (χ1n) is 5.59. The van der Waals surface area contributed by atoms with Gasteiger partial charge in [0.25, 0.3) is 5.69 Å². The molecule has 1 aromatic carbocycles. The Morgan fingerprint density at radius 2 is 2.00 bits per heavy atom. The number of nitrogens with one attached hydrogen (secondary N) is 1. The quantitative estimate of drug-likeness (QED) is 0.617. The van der Waals surface area contributed by atoms with Gasteiger partial charge in [0.05, 0.1) is 9.82 Å². The Kier molecular flexibility index (Phi) is 4.28. The number of nitrogens with two attached hydrogens (primary N) is 1. The summed E-state index contributed by atoms with van der Waals surface area (Å²) < 4.78 is 26.9. The van der Waals surface area contributed by atoms with E-state index in [1.807, 2.05) is 0 Å². The zero-order chi connectivity index (χ0) is 14.8. The Labute approximate surface area is 112 Å². The third kappa shape index (κ3) is 3.49. The normalized spacial score (nSPS) is 12.4. The zero-order valence-corrected chi connectivity index (χ0v) is 11.8. The van der Waals surface area contributed by atoms with Crippen molar-refractivity contribution in [3.8, 4) is 0 Å². The average molecular weight is 287 g/mol. The monoisotopic (exact) mass is 287 g/mol. The number of nitro benzene ring substituents is 1. The van der Waals surface area contributed by atoms with Crippen LogP contribution in [0.25, 0.3) is 0 Å². The summed E-state index contributed by atoms with van der Waals surface area (Å²) in [5, 5.41) is 10.8. The molecule has 0 bridgehead atoms. The lowest BCUT2D eigenvalue weighted by molar-refractivity contribution is -0.385. The Balaban J connectivity index is 3.31. The fraction of sp³-hybridized carbons (Fsp3) is 0.455. The number of benzene rings is 1. The van der Waals surface area contributed by atoms with Crippen molar-refractivity contribution in [3.05, 3.63) is 33.9 Å². The Morgan fingerprint density at radius 1 is 1.42 bits per heavy atom. The number of hydrogen-bond donors (Lipinski definition) is 2. The molecule has 0 aliphatic rings. The second-order valence-corrected chi connectivity index (χ2v) is 6.50. The predicted molar refractivity (Wildman–Crippen MR) is 71.3 cm³/mol. The van der Waals surface area contributed by atoms with Gasteiger partial charge in [0.15, 0.2) is 0 Å². The van der Waals surface area contributed by atoms with Crippen LogP contribution in [0.4, 0.5) is 5.69 Å². The largest absolute Gasteiger partial charge is 0.329 e. The smallest absolute Gasteiger partial charge is 0.273 e. The van der Waals surface area contributed by atoms with Crippen LogP contribution >= 0.6 is 0 Å². The Hall–Kier alpha value is -1.51. The topological polar surface area (TPSA) is 115 Å². The maximum atomic E-state index is 12.2. The summed E-state index contributed by atoms with van der Waals surface area (Å²) in [6.07, 6.45) is 0. The van der Waals surface area contributed by atoms with Crippen LogP contribution in [0.1, 0.15) is 19.4 Å². The maximum Gasteiger partial charge on any atom is 0.273 e. The summed E-state index contributed by atoms with van der Waals surface area (Å²) >= 11 is 0. The number of rotatable bonds is 5. The zero-order valence-electron chi connectivity index (χ0n) is 11.0. The molecule has 0 unspecified atom stereocenters. The molecule has 0 aromatic heterocycles. The van der Waals surface area contributed by atoms with E-state index >= 15 is 0 Å². The average Bonchev–Trinajstić information content (AvgIpc) is 2.27. The molecular weight excluding hydrogens is 270 g/mol. The van der Waals surface area contributed by atoms with Crippen molar-refractivity contribution >= 4 is 15.7 Å². The summed E-state index contributed by atoms with van der Waals surface area (Å²) in [5.41, 5.74) is 4.53. The molecule has 0 radical (unpaired) electrons. The fourth-order valence-corrected chi connectivity index (χ4v) is 3.24. The molecule has 0 aliphatic carbocycles. The van der Waals surface area contributed by atoms with E-state index in [9.17, 15) is 18.5 Å². The molecule has 1 aromatic rings. The van der Waals surface area contributed by atoms with E-state index in [0.717, 1.165) is 0 Å². The van der Waals surface area contributed by atoms with Crippen LogP contribution in [0.5, 0.6) is 0 Å². The van der Waals surface area contributed by atoms with E-state index in [1.165, 1.54) is 25.1 Å². The molecule has 0 saturated heterocycles. The van der Waals surface area contributed by atoms with Gasteiger partial charge in [-0.05, 0) is 26.8 Å². The highest BCUT2D eigenvalue weighted by Gasteiger charge is 2.28. The van der Waals surface area contributed by atoms with Gasteiger partial charge >= 0.3 is 0 Å². The number of nitro groups is 1. The predicted octanol–water partition coefficient (Wildman–Crippen LogP) is 0.919. The van der Waals surface area contributed by atoms with E-state index in [4.69, 9.17) is 5.73 Å². The van der Waals surface area contributed by atoms with Gasteiger partial charge in [0.1, 0.15) is 0 Å². The summed E-state index contributed by atoms with van der Waals surface area (Å²) in [7, 11) is -3.85. The standard InChI is InChI=1S/C11H17N3O4S/c1-8-9(14(15)16)5-4-6-10(8)19(17,18)13-11(2,3)7-12/h4-6,13H,7,12H2,1-3H3. The van der Waals surface area contributed by atoms with Crippen molar-refractivity contribution in [2.75, 3.05) is 6.54 Å². The molecule has 106 valence electrons. The van der Waals surface area contributed by atoms with Gasteiger partial charge < -0.3 is 5.73 Å². The highest BCUT2D eigenvalue weighted by atomic mass is 32.2. The van der Waals surface area contributed by atoms with Gasteiger partial charge in [-0.3, -0.25) is 10.1 Å². The number of hydrogen-bond acceptors (Lipinski definition) is 5. The molecule has 7 nitrogen and oxygen atoms in total. The molecule has 0 saturated carbocycles. The Bertz CT molecular complexity index is 596. The summed E-state index contributed by atoms with van der Waals surface area (Å²) in [6.45, 7) is 4.79. The second kappa shape index (κ2) is 5.24. The van der Waals surface area contributed by atoms with Crippen molar-refractivity contribution in [2.24, 2.45) is 5.73 Å². The van der Waals surface area contributed by atoms with Crippen LogP contribution in [0, 0.1) is 17.0 Å². The molecular formula is C11H17N3O4S. The Morgan fingerprint density at radius 3 is 2.47 bits per heavy atom. The lowest BCUT2D eigenvalue weighted by Gasteiger charge is -2.24. The second-order valence-electron chi connectivity index (χ2n) is 4.85. The van der Waals surface area contributed by atoms with Gasteiger partial charge in [-0.1, -0.05) is 6.07 Å². The fourth-order valence-electron chi connectivity index (χ4n) is 1.55. The third-order valence-corrected chi connectivity index (χ3v) is 4.51. The van der Waals surface area contributed by atoms with Crippen LogP contribution in [0.15, 0.2) is 23.1 Å². The van der Waals surface area contributed by atoms with E-state index < -0.39 is 20.5 Å². The maximum absolute atomic E-state index is 12.2. The highest BCUT2D eigenvalue weighted by Crippen LogP contribution is 2.25. The minimum absolute atomic E-state index is 0.104. The molecule has 0 spiro atoms. The van der Waals surface area contributed by atoms with E-state index in [-0.39, 0.29) is 22.7 Å². The van der Waals surface area contributed by atoms with Crippen molar-refractivity contribution in [3.63, 3.8) is 0 Å². The molecule has 3 N–H and O–H groups in total. The molecule has 0 aliphatic heterocycles. The molecule has 0 fully saturated rings. The van der Waals surface area contributed by atoms with E-state index in [1.54, 1.807) is 13.8 Å². The first-order chi connectivity index (χ1) is 8.60. The van der Waals surface area contributed by atoms with Crippen LogP contribution in [-0.4, -0.2) is 25.4 Å². The lowest BCUT2D eigenvalue weighted by Crippen LogP contribution is -2.48. The molecule has 19 heavy (non-hydrogen) atoms. The van der Waals surface area contributed by atoms with Gasteiger partial charge in [-0.25, -0.2) is 13.1 Å². The number of sulfonamides is 1. The number of nitrogens with zero attached hydrogens (tertiary/aromatic N) is 1. The summed E-state index contributed by atoms with van der Waals surface area (Å²) in [4.78, 5) is 10.1. The molecule has 0 heterocycles. The van der Waals surface area contributed by atoms with E-state index in [2.05, 4.69) is 4.72 Å². The van der Waals surface area contributed by atoms with Gasteiger partial charge in [-0.2, -0.15) is 0 Å². The van der Waals surface area contributed by atoms with Crippen molar-refractivity contribution in [2.45, 2.75) is 31.2 Å². The molecule has 0 atom stereocenters.